The fraction of sp³-hybridized carbons (Fsp3) is 0.200. The molecule has 3 rings (SSSR count). The second-order valence-electron chi connectivity index (χ2n) is 5.01. The summed E-state index contributed by atoms with van der Waals surface area (Å²) in [6, 6.07) is 6.97. The Hall–Kier alpha value is -1.36. The third-order valence-corrected chi connectivity index (χ3v) is 6.70. The average Bonchev–Trinajstić information content (AvgIpc) is 3.22. The van der Waals surface area contributed by atoms with Crippen LogP contribution in [0.1, 0.15) is 5.56 Å². The van der Waals surface area contributed by atoms with E-state index in [1.54, 1.807) is 22.9 Å². The van der Waals surface area contributed by atoms with Gasteiger partial charge in [0.15, 0.2) is 0 Å². The highest BCUT2D eigenvalue weighted by molar-refractivity contribution is 7.26. The van der Waals surface area contributed by atoms with Gasteiger partial charge in [-0.15, -0.1) is 34.0 Å². The minimum Gasteiger partial charge on any atom is -0.369 e. The van der Waals surface area contributed by atoms with Crippen LogP contribution < -0.4 is 0 Å². The molecule has 10 heteroatoms. The summed E-state index contributed by atoms with van der Waals surface area (Å²) in [4.78, 5) is 0.756. The summed E-state index contributed by atoms with van der Waals surface area (Å²) in [7, 11) is 0. The molecule has 0 aromatic carbocycles. The summed E-state index contributed by atoms with van der Waals surface area (Å²) in [5.74, 6) is 0. The maximum atomic E-state index is 13.3. The van der Waals surface area contributed by atoms with Crippen molar-refractivity contribution >= 4 is 34.0 Å². The van der Waals surface area contributed by atoms with E-state index in [9.17, 15) is 31.4 Å². The molecule has 0 aliphatic carbocycles. The van der Waals surface area contributed by atoms with Gasteiger partial charge in [0.25, 0.3) is 5.60 Å². The van der Waals surface area contributed by atoms with E-state index in [1.807, 2.05) is 0 Å². The van der Waals surface area contributed by atoms with Gasteiger partial charge in [-0.3, -0.25) is 0 Å². The van der Waals surface area contributed by atoms with Gasteiger partial charge in [-0.25, -0.2) is 0 Å². The zero-order chi connectivity index (χ0) is 18.5. The summed E-state index contributed by atoms with van der Waals surface area (Å²) in [5, 5.41) is 13.0. The molecule has 0 saturated heterocycles. The predicted molar refractivity (Wildman–Crippen MR) is 87.0 cm³/mol. The Balaban J connectivity index is 2.30. The van der Waals surface area contributed by atoms with E-state index in [-0.39, 0.29) is 14.6 Å². The van der Waals surface area contributed by atoms with E-state index < -0.39 is 23.5 Å². The Bertz CT molecular complexity index is 829. The third-order valence-electron chi connectivity index (χ3n) is 3.45. The molecule has 3 aromatic rings. The van der Waals surface area contributed by atoms with Crippen molar-refractivity contribution < 1.29 is 31.4 Å². The second kappa shape index (κ2) is 6.11. The Labute approximate surface area is 149 Å². The lowest BCUT2D eigenvalue weighted by atomic mass is 9.92. The molecule has 0 spiro atoms. The zero-order valence-electron chi connectivity index (χ0n) is 12.0. The van der Waals surface area contributed by atoms with Crippen LogP contribution in [0.25, 0.3) is 19.5 Å². The van der Waals surface area contributed by atoms with Gasteiger partial charge in [0.1, 0.15) is 0 Å². The summed E-state index contributed by atoms with van der Waals surface area (Å²) >= 11 is 2.99. The molecule has 0 atom stereocenters. The Morgan fingerprint density at radius 1 is 0.760 bits per heavy atom. The van der Waals surface area contributed by atoms with Crippen molar-refractivity contribution in [1.29, 1.82) is 0 Å². The highest BCUT2D eigenvalue weighted by Crippen LogP contribution is 2.55. The van der Waals surface area contributed by atoms with Gasteiger partial charge in [-0.1, -0.05) is 12.1 Å². The van der Waals surface area contributed by atoms with Crippen molar-refractivity contribution in [2.75, 3.05) is 0 Å². The van der Waals surface area contributed by atoms with Crippen LogP contribution in [0.5, 0.6) is 0 Å². The number of alkyl halides is 6. The van der Waals surface area contributed by atoms with Gasteiger partial charge in [0, 0.05) is 20.2 Å². The fourth-order valence-electron chi connectivity index (χ4n) is 2.26. The van der Waals surface area contributed by atoms with E-state index >= 15 is 0 Å². The number of hydrogen-bond donors (Lipinski definition) is 1. The van der Waals surface area contributed by atoms with Gasteiger partial charge in [-0.2, -0.15) is 26.3 Å². The van der Waals surface area contributed by atoms with E-state index in [2.05, 4.69) is 0 Å². The maximum Gasteiger partial charge on any atom is 0.430 e. The van der Waals surface area contributed by atoms with Crippen LogP contribution in [-0.4, -0.2) is 17.5 Å². The molecule has 3 aromatic heterocycles. The molecule has 0 amide bonds. The standard InChI is InChI=1S/C15H8F6OS3/c16-14(17,18)13(22,15(19,20)21)8-7-11(9-3-1-5-23-9)25-12(8)10-4-2-6-24-10/h1-7,22H. The molecular formula is C15H8F6OS3. The first kappa shape index (κ1) is 18.4. The van der Waals surface area contributed by atoms with E-state index in [1.165, 1.54) is 23.5 Å². The van der Waals surface area contributed by atoms with Crippen LogP contribution in [0.15, 0.2) is 41.1 Å². The lowest BCUT2D eigenvalue weighted by Gasteiger charge is -2.32. The molecule has 0 aliphatic heterocycles. The molecule has 0 unspecified atom stereocenters. The predicted octanol–water partition coefficient (Wildman–Crippen LogP) is 6.52. The number of rotatable bonds is 3. The first-order valence-electron chi connectivity index (χ1n) is 6.63. The van der Waals surface area contributed by atoms with Gasteiger partial charge in [0.2, 0.25) is 0 Å². The minimum absolute atomic E-state index is 0.231. The fourth-order valence-corrected chi connectivity index (χ4v) is 5.16. The van der Waals surface area contributed by atoms with Crippen molar-refractivity contribution in [3.8, 4) is 19.5 Å². The molecule has 25 heavy (non-hydrogen) atoms. The summed E-state index contributed by atoms with van der Waals surface area (Å²) in [5.41, 5.74) is -6.13. The van der Waals surface area contributed by atoms with Crippen molar-refractivity contribution in [3.05, 3.63) is 46.7 Å². The average molecular weight is 414 g/mol. The molecule has 134 valence electrons. The normalized spacial score (nSPS) is 13.4. The monoisotopic (exact) mass is 414 g/mol. The Kier molecular flexibility index (Phi) is 4.51. The first-order chi connectivity index (χ1) is 11.6. The number of aliphatic hydroxyl groups is 1. The molecule has 0 bridgehead atoms. The van der Waals surface area contributed by atoms with Crippen LogP contribution in [0.2, 0.25) is 0 Å². The third kappa shape index (κ3) is 3.01. The first-order valence-corrected chi connectivity index (χ1v) is 9.21. The Morgan fingerprint density at radius 2 is 1.28 bits per heavy atom. The SMILES string of the molecule is OC(c1cc(-c2cccs2)sc1-c1cccs1)(C(F)(F)F)C(F)(F)F. The van der Waals surface area contributed by atoms with Crippen LogP contribution >= 0.6 is 34.0 Å². The van der Waals surface area contributed by atoms with Gasteiger partial charge < -0.3 is 5.11 Å². The van der Waals surface area contributed by atoms with Crippen molar-refractivity contribution in [2.24, 2.45) is 0 Å². The minimum atomic E-state index is -5.91. The van der Waals surface area contributed by atoms with Crippen molar-refractivity contribution in [2.45, 2.75) is 18.0 Å². The molecule has 0 fully saturated rings. The van der Waals surface area contributed by atoms with Gasteiger partial charge in [0.05, 0.1) is 4.88 Å². The number of halogens is 6. The topological polar surface area (TPSA) is 20.2 Å². The molecule has 0 aliphatic rings. The quantitative estimate of drug-likeness (QED) is 0.484. The van der Waals surface area contributed by atoms with E-state index in [0.717, 1.165) is 28.7 Å². The molecule has 3 heterocycles. The lowest BCUT2D eigenvalue weighted by molar-refractivity contribution is -0.375. The lowest BCUT2D eigenvalue weighted by Crippen LogP contribution is -2.53. The molecular weight excluding hydrogens is 406 g/mol. The van der Waals surface area contributed by atoms with Gasteiger partial charge >= 0.3 is 12.4 Å². The highest BCUT2D eigenvalue weighted by Gasteiger charge is 2.72. The summed E-state index contributed by atoms with van der Waals surface area (Å²) < 4.78 is 79.8. The van der Waals surface area contributed by atoms with Crippen LogP contribution in [0, 0.1) is 0 Å². The highest BCUT2D eigenvalue weighted by atomic mass is 32.1. The molecule has 1 nitrogen and oxygen atoms in total. The number of hydrogen-bond acceptors (Lipinski definition) is 4. The summed E-state index contributed by atoms with van der Waals surface area (Å²) in [6.45, 7) is 0. The number of thiophene rings is 3. The zero-order valence-corrected chi connectivity index (χ0v) is 14.4. The summed E-state index contributed by atoms with van der Waals surface area (Å²) in [6.07, 6.45) is -11.8. The van der Waals surface area contributed by atoms with E-state index in [0.29, 0.717) is 4.88 Å². The molecule has 0 radical (unpaired) electrons. The van der Waals surface area contributed by atoms with Crippen molar-refractivity contribution in [3.63, 3.8) is 0 Å². The molecule has 0 saturated carbocycles. The van der Waals surface area contributed by atoms with E-state index in [4.69, 9.17) is 0 Å². The van der Waals surface area contributed by atoms with Crippen LogP contribution in [0.4, 0.5) is 26.3 Å². The second-order valence-corrected chi connectivity index (χ2v) is 7.96. The Morgan fingerprint density at radius 3 is 1.72 bits per heavy atom. The maximum absolute atomic E-state index is 13.3. The smallest absolute Gasteiger partial charge is 0.369 e. The van der Waals surface area contributed by atoms with Crippen molar-refractivity contribution in [1.82, 2.24) is 0 Å². The molecule has 1 N–H and O–H groups in total. The van der Waals surface area contributed by atoms with Gasteiger partial charge in [-0.05, 0) is 29.0 Å². The largest absolute Gasteiger partial charge is 0.430 e. The van der Waals surface area contributed by atoms with Crippen LogP contribution in [-0.2, 0) is 5.60 Å². The van der Waals surface area contributed by atoms with Crippen LogP contribution in [0.3, 0.4) is 0 Å².